The zero-order valence-electron chi connectivity index (χ0n) is 15.9. The minimum absolute atomic E-state index is 0.124. The van der Waals surface area contributed by atoms with Crippen molar-refractivity contribution < 1.29 is 14.6 Å². The molecule has 0 radical (unpaired) electrons. The van der Waals surface area contributed by atoms with Crippen LogP contribution < -0.4 is 10.2 Å². The Morgan fingerprint density at radius 3 is 2.86 bits per heavy atom. The van der Waals surface area contributed by atoms with Gasteiger partial charge in [-0.15, -0.1) is 0 Å². The van der Waals surface area contributed by atoms with E-state index in [1.807, 2.05) is 30.3 Å². The zero-order chi connectivity index (χ0) is 19.6. The highest BCUT2D eigenvalue weighted by molar-refractivity contribution is 5.92. The Morgan fingerprint density at radius 2 is 2.07 bits per heavy atom. The van der Waals surface area contributed by atoms with Crippen LogP contribution in [0.3, 0.4) is 0 Å². The molecule has 4 rings (SSSR count). The minimum atomic E-state index is -0.627. The predicted octanol–water partition coefficient (Wildman–Crippen LogP) is 2.72. The summed E-state index contributed by atoms with van der Waals surface area (Å²) in [7, 11) is 0. The zero-order valence-corrected chi connectivity index (χ0v) is 15.9. The SMILES string of the molecule is O=C(c1cc(=O)c(OCc2ccccc2)c[nH]1)N1CC[C@]2(O)CCCC[C@@H]2C1. The molecule has 1 saturated heterocycles. The average Bonchev–Trinajstić information content (AvgIpc) is 2.72. The lowest BCUT2D eigenvalue weighted by Crippen LogP contribution is -2.54. The summed E-state index contributed by atoms with van der Waals surface area (Å²) in [6, 6.07) is 10.9. The summed E-state index contributed by atoms with van der Waals surface area (Å²) in [5, 5.41) is 10.8. The number of piperidine rings is 1. The molecule has 2 fully saturated rings. The summed E-state index contributed by atoms with van der Waals surface area (Å²) in [5.41, 5.74) is 0.287. The lowest BCUT2D eigenvalue weighted by atomic mass is 9.71. The number of amides is 1. The van der Waals surface area contributed by atoms with Crippen LogP contribution in [-0.4, -0.2) is 39.6 Å². The van der Waals surface area contributed by atoms with Gasteiger partial charge in [-0.25, -0.2) is 0 Å². The molecule has 2 N–H and O–H groups in total. The number of carbonyl (C=O) groups is 1. The van der Waals surface area contributed by atoms with E-state index in [0.717, 1.165) is 31.2 Å². The second-order valence-electron chi connectivity index (χ2n) is 7.90. The number of ether oxygens (including phenoxy) is 1. The standard InChI is InChI=1S/C22H26N2O4/c25-19-12-18(23-13-20(19)28-15-16-6-2-1-3-7-16)21(26)24-11-10-22(27)9-5-4-8-17(22)14-24/h1-3,6-7,12-13,17,27H,4-5,8-11,14-15H2,(H,23,25)/t17-,22-/m1/s1. The predicted molar refractivity (Wildman–Crippen MR) is 105 cm³/mol. The van der Waals surface area contributed by atoms with Gasteiger partial charge >= 0.3 is 0 Å². The van der Waals surface area contributed by atoms with E-state index in [0.29, 0.717) is 26.1 Å². The fourth-order valence-electron chi connectivity index (χ4n) is 4.36. The van der Waals surface area contributed by atoms with Gasteiger partial charge in [-0.05, 0) is 24.8 Å². The molecule has 1 aliphatic heterocycles. The maximum absolute atomic E-state index is 12.9. The molecule has 148 valence electrons. The van der Waals surface area contributed by atoms with Gasteiger partial charge in [0.1, 0.15) is 12.3 Å². The lowest BCUT2D eigenvalue weighted by molar-refractivity contribution is -0.0886. The number of aromatic nitrogens is 1. The number of likely N-dealkylation sites (tertiary alicyclic amines) is 1. The summed E-state index contributed by atoms with van der Waals surface area (Å²) < 4.78 is 5.59. The second-order valence-corrected chi connectivity index (χ2v) is 7.90. The first-order chi connectivity index (χ1) is 13.5. The van der Waals surface area contributed by atoms with Crippen LogP contribution in [0.4, 0.5) is 0 Å². The fraction of sp³-hybridized carbons (Fsp3) is 0.455. The fourth-order valence-corrected chi connectivity index (χ4v) is 4.36. The Kier molecular flexibility index (Phi) is 5.22. The second kappa shape index (κ2) is 7.80. The van der Waals surface area contributed by atoms with Crippen molar-refractivity contribution in [3.63, 3.8) is 0 Å². The Labute approximate surface area is 164 Å². The molecule has 0 unspecified atom stereocenters. The number of hydrogen-bond acceptors (Lipinski definition) is 4. The number of nitrogens with one attached hydrogen (secondary N) is 1. The van der Waals surface area contributed by atoms with Gasteiger partial charge in [0.15, 0.2) is 5.75 Å². The molecule has 0 spiro atoms. The van der Waals surface area contributed by atoms with Crippen molar-refractivity contribution in [3.05, 3.63) is 64.1 Å². The third-order valence-corrected chi connectivity index (χ3v) is 6.06. The summed E-state index contributed by atoms with van der Waals surface area (Å²) in [4.78, 5) is 29.9. The van der Waals surface area contributed by atoms with Crippen molar-refractivity contribution in [1.82, 2.24) is 9.88 Å². The van der Waals surface area contributed by atoms with Crippen LogP contribution in [0.5, 0.6) is 5.75 Å². The van der Waals surface area contributed by atoms with Gasteiger partial charge in [-0.3, -0.25) is 9.59 Å². The number of hydrogen-bond donors (Lipinski definition) is 2. The molecule has 28 heavy (non-hydrogen) atoms. The number of fused-ring (bicyclic) bond motifs is 1. The molecule has 2 aromatic rings. The highest BCUT2D eigenvalue weighted by Gasteiger charge is 2.43. The molecule has 1 aromatic heterocycles. The highest BCUT2D eigenvalue weighted by Crippen LogP contribution is 2.39. The maximum atomic E-state index is 12.9. The minimum Gasteiger partial charge on any atom is -0.483 e. The van der Waals surface area contributed by atoms with Gasteiger partial charge in [-0.2, -0.15) is 0 Å². The molecule has 1 amide bonds. The number of pyridine rings is 1. The van der Waals surface area contributed by atoms with Crippen molar-refractivity contribution in [2.24, 2.45) is 5.92 Å². The van der Waals surface area contributed by atoms with Crippen molar-refractivity contribution in [1.29, 1.82) is 0 Å². The van der Waals surface area contributed by atoms with E-state index in [4.69, 9.17) is 4.74 Å². The van der Waals surface area contributed by atoms with Crippen molar-refractivity contribution >= 4 is 5.91 Å². The number of rotatable bonds is 4. The van der Waals surface area contributed by atoms with Crippen molar-refractivity contribution in [3.8, 4) is 5.75 Å². The van der Waals surface area contributed by atoms with Gasteiger partial charge in [0.25, 0.3) is 5.91 Å². The van der Waals surface area contributed by atoms with Gasteiger partial charge in [-0.1, -0.05) is 43.2 Å². The lowest BCUT2D eigenvalue weighted by Gasteiger charge is -2.47. The molecule has 1 saturated carbocycles. The van der Waals surface area contributed by atoms with E-state index in [9.17, 15) is 14.7 Å². The average molecular weight is 382 g/mol. The molecule has 1 aliphatic carbocycles. The summed E-state index contributed by atoms with van der Waals surface area (Å²) in [6.45, 7) is 1.35. The molecule has 6 heteroatoms. The van der Waals surface area contributed by atoms with Gasteiger partial charge in [0.05, 0.1) is 5.60 Å². The Morgan fingerprint density at radius 1 is 1.25 bits per heavy atom. The van der Waals surface area contributed by atoms with Crippen LogP contribution in [0.1, 0.15) is 48.2 Å². The van der Waals surface area contributed by atoms with Crippen LogP contribution in [0.25, 0.3) is 0 Å². The smallest absolute Gasteiger partial charge is 0.270 e. The number of H-pyrrole nitrogens is 1. The van der Waals surface area contributed by atoms with Crippen LogP contribution in [0.15, 0.2) is 47.4 Å². The van der Waals surface area contributed by atoms with Gasteiger partial charge in [0.2, 0.25) is 5.43 Å². The quantitative estimate of drug-likeness (QED) is 0.852. The number of aliphatic hydroxyl groups is 1. The third kappa shape index (κ3) is 3.83. The Hall–Kier alpha value is -2.60. The molecule has 2 aliphatic rings. The van der Waals surface area contributed by atoms with E-state index in [2.05, 4.69) is 4.98 Å². The Bertz CT molecular complexity index is 895. The van der Waals surface area contributed by atoms with E-state index >= 15 is 0 Å². The van der Waals surface area contributed by atoms with E-state index in [1.54, 1.807) is 4.90 Å². The first-order valence-corrected chi connectivity index (χ1v) is 9.96. The first kappa shape index (κ1) is 18.7. The molecule has 2 atom stereocenters. The molecular weight excluding hydrogens is 356 g/mol. The van der Waals surface area contributed by atoms with E-state index in [-0.39, 0.29) is 28.7 Å². The highest BCUT2D eigenvalue weighted by atomic mass is 16.5. The molecule has 0 bridgehead atoms. The number of benzene rings is 1. The Balaban J connectivity index is 1.42. The molecule has 6 nitrogen and oxygen atoms in total. The topological polar surface area (TPSA) is 82.6 Å². The van der Waals surface area contributed by atoms with Crippen LogP contribution in [-0.2, 0) is 6.61 Å². The number of carbonyl (C=O) groups excluding carboxylic acids is 1. The van der Waals surface area contributed by atoms with Gasteiger partial charge in [0, 0.05) is 31.3 Å². The number of nitrogens with zero attached hydrogens (tertiary/aromatic N) is 1. The first-order valence-electron chi connectivity index (χ1n) is 9.96. The normalized spacial score (nSPS) is 24.5. The van der Waals surface area contributed by atoms with Crippen LogP contribution >= 0.6 is 0 Å². The summed E-state index contributed by atoms with van der Waals surface area (Å²) in [6.07, 6.45) is 5.98. The maximum Gasteiger partial charge on any atom is 0.270 e. The van der Waals surface area contributed by atoms with Crippen LogP contribution in [0, 0.1) is 5.92 Å². The summed E-state index contributed by atoms with van der Waals surface area (Å²) in [5.74, 6) is 0.124. The van der Waals surface area contributed by atoms with E-state index < -0.39 is 5.60 Å². The van der Waals surface area contributed by atoms with E-state index in [1.165, 1.54) is 12.3 Å². The van der Waals surface area contributed by atoms with Crippen molar-refractivity contribution in [2.75, 3.05) is 13.1 Å². The number of aromatic amines is 1. The largest absolute Gasteiger partial charge is 0.483 e. The summed E-state index contributed by atoms with van der Waals surface area (Å²) >= 11 is 0. The van der Waals surface area contributed by atoms with Crippen LogP contribution in [0.2, 0.25) is 0 Å². The molecule has 2 heterocycles. The molecular formula is C22H26N2O4. The monoisotopic (exact) mass is 382 g/mol. The van der Waals surface area contributed by atoms with Crippen molar-refractivity contribution in [2.45, 2.75) is 44.3 Å². The molecule has 1 aromatic carbocycles. The third-order valence-electron chi connectivity index (χ3n) is 6.06. The van der Waals surface area contributed by atoms with Gasteiger partial charge < -0.3 is 19.7 Å².